The molecular formula is C19H20FN5. The Morgan fingerprint density at radius 1 is 1.16 bits per heavy atom. The minimum Gasteiger partial charge on any atom is -0.340 e. The molecule has 128 valence electrons. The van der Waals surface area contributed by atoms with Crippen molar-refractivity contribution in [2.45, 2.75) is 31.1 Å². The van der Waals surface area contributed by atoms with Crippen molar-refractivity contribution in [1.82, 2.24) is 19.9 Å². The highest BCUT2D eigenvalue weighted by atomic mass is 19.1. The van der Waals surface area contributed by atoms with Crippen LogP contribution in [-0.2, 0) is 11.8 Å². The average molecular weight is 337 g/mol. The summed E-state index contributed by atoms with van der Waals surface area (Å²) in [7, 11) is 0. The predicted octanol–water partition coefficient (Wildman–Crippen LogP) is 3.18. The van der Waals surface area contributed by atoms with Gasteiger partial charge in [-0.3, -0.25) is 0 Å². The Morgan fingerprint density at radius 2 is 2.04 bits per heavy atom. The third-order valence-corrected chi connectivity index (χ3v) is 5.64. The van der Waals surface area contributed by atoms with Crippen molar-refractivity contribution >= 4 is 17.2 Å². The fourth-order valence-corrected chi connectivity index (χ4v) is 4.36. The summed E-state index contributed by atoms with van der Waals surface area (Å²) in [5, 5.41) is 11.3. The topological polar surface area (TPSA) is 54.2 Å². The van der Waals surface area contributed by atoms with E-state index in [9.17, 15) is 4.39 Å². The van der Waals surface area contributed by atoms with E-state index in [1.54, 1.807) is 12.3 Å². The molecule has 2 aliphatic rings. The Kier molecular flexibility index (Phi) is 3.28. The monoisotopic (exact) mass is 337 g/mol. The van der Waals surface area contributed by atoms with Gasteiger partial charge in [0.05, 0.1) is 11.9 Å². The van der Waals surface area contributed by atoms with E-state index < -0.39 is 0 Å². The van der Waals surface area contributed by atoms with Crippen LogP contribution >= 0.6 is 0 Å². The minimum absolute atomic E-state index is 0.172. The molecule has 1 fully saturated rings. The molecule has 3 heterocycles. The van der Waals surface area contributed by atoms with E-state index >= 15 is 0 Å². The second-order valence-electron chi connectivity index (χ2n) is 7.05. The number of benzene rings is 1. The van der Waals surface area contributed by atoms with Gasteiger partial charge in [-0.2, -0.15) is 9.61 Å². The maximum absolute atomic E-state index is 13.6. The molecule has 2 aromatic heterocycles. The van der Waals surface area contributed by atoms with Crippen molar-refractivity contribution in [2.24, 2.45) is 0 Å². The summed E-state index contributed by atoms with van der Waals surface area (Å²) in [5.41, 5.74) is 4.18. The fraction of sp³-hybridized carbons (Fsp3) is 0.368. The molecule has 1 spiro atoms. The molecule has 25 heavy (non-hydrogen) atoms. The van der Waals surface area contributed by atoms with Crippen LogP contribution in [0.15, 0.2) is 36.5 Å². The van der Waals surface area contributed by atoms with Gasteiger partial charge in [0.15, 0.2) is 5.65 Å². The Bertz CT molecular complexity index is 942. The van der Waals surface area contributed by atoms with E-state index in [1.807, 2.05) is 16.6 Å². The number of nitrogens with one attached hydrogen (secondary N) is 2. The molecule has 0 saturated carbocycles. The Hall–Kier alpha value is -2.47. The second kappa shape index (κ2) is 5.52. The number of rotatable bonds is 2. The lowest BCUT2D eigenvalue weighted by molar-refractivity contribution is 0.301. The minimum atomic E-state index is -0.248. The summed E-state index contributed by atoms with van der Waals surface area (Å²) >= 11 is 0. The first-order valence-electron chi connectivity index (χ1n) is 8.86. The lowest BCUT2D eigenvalue weighted by Crippen LogP contribution is -2.39. The second-order valence-corrected chi connectivity index (χ2v) is 7.05. The van der Waals surface area contributed by atoms with Crippen molar-refractivity contribution < 1.29 is 4.39 Å². The first kappa shape index (κ1) is 14.8. The SMILES string of the molecule is Fc1cccc(Nc2c3c(nc4ccnn24)C2(CCNCC2)CC3)c1. The van der Waals surface area contributed by atoms with Crippen LogP contribution in [0, 0.1) is 5.82 Å². The smallest absolute Gasteiger partial charge is 0.157 e. The van der Waals surface area contributed by atoms with Gasteiger partial charge >= 0.3 is 0 Å². The molecule has 0 amide bonds. The van der Waals surface area contributed by atoms with E-state index in [1.165, 1.54) is 23.4 Å². The highest BCUT2D eigenvalue weighted by molar-refractivity contribution is 5.66. The summed E-state index contributed by atoms with van der Waals surface area (Å²) in [4.78, 5) is 4.97. The normalized spacial score (nSPS) is 18.6. The lowest BCUT2D eigenvalue weighted by Gasteiger charge is -2.34. The van der Waals surface area contributed by atoms with Crippen molar-refractivity contribution in [1.29, 1.82) is 0 Å². The standard InChI is InChI=1S/C19H20FN5/c20-13-2-1-3-14(12-13)23-18-15-4-6-19(7-10-21-11-8-19)17(15)24-16-5-9-22-25(16)18/h1-3,5,9,12,21,23H,4,6-8,10-11H2. The molecule has 0 unspecified atom stereocenters. The average Bonchev–Trinajstić information content (AvgIpc) is 3.22. The summed E-state index contributed by atoms with van der Waals surface area (Å²) in [6.07, 6.45) is 6.12. The molecule has 1 aliphatic heterocycles. The number of hydrogen-bond donors (Lipinski definition) is 2. The zero-order valence-electron chi connectivity index (χ0n) is 13.9. The number of fused-ring (bicyclic) bond motifs is 3. The van der Waals surface area contributed by atoms with E-state index in [4.69, 9.17) is 4.98 Å². The molecule has 1 aliphatic carbocycles. The van der Waals surface area contributed by atoms with Gasteiger partial charge in [-0.05, 0) is 57.0 Å². The van der Waals surface area contributed by atoms with E-state index in [2.05, 4.69) is 15.7 Å². The lowest BCUT2D eigenvalue weighted by atomic mass is 9.77. The third-order valence-electron chi connectivity index (χ3n) is 5.64. The number of halogens is 1. The molecule has 6 heteroatoms. The highest BCUT2D eigenvalue weighted by Gasteiger charge is 2.42. The summed E-state index contributed by atoms with van der Waals surface area (Å²) in [6, 6.07) is 8.49. The molecular weight excluding hydrogens is 317 g/mol. The quantitative estimate of drug-likeness (QED) is 0.754. The fourth-order valence-electron chi connectivity index (χ4n) is 4.36. The van der Waals surface area contributed by atoms with Gasteiger partial charge in [-0.15, -0.1) is 0 Å². The van der Waals surface area contributed by atoms with Crippen LogP contribution in [0.4, 0.5) is 15.9 Å². The molecule has 5 rings (SSSR count). The summed E-state index contributed by atoms with van der Waals surface area (Å²) in [6.45, 7) is 2.08. The van der Waals surface area contributed by atoms with Gasteiger partial charge in [0, 0.05) is 22.7 Å². The predicted molar refractivity (Wildman–Crippen MR) is 94.8 cm³/mol. The zero-order chi connectivity index (χ0) is 16.9. The van der Waals surface area contributed by atoms with Crippen LogP contribution in [-0.4, -0.2) is 27.7 Å². The van der Waals surface area contributed by atoms with Gasteiger partial charge in [0.25, 0.3) is 0 Å². The number of aromatic nitrogens is 3. The molecule has 0 bridgehead atoms. The molecule has 0 atom stereocenters. The maximum atomic E-state index is 13.6. The first-order valence-corrected chi connectivity index (χ1v) is 8.86. The van der Waals surface area contributed by atoms with Crippen molar-refractivity contribution in [3.05, 3.63) is 53.6 Å². The van der Waals surface area contributed by atoms with Gasteiger partial charge in [-0.25, -0.2) is 9.37 Å². The van der Waals surface area contributed by atoms with Crippen LogP contribution in [0.5, 0.6) is 0 Å². The number of nitrogens with zero attached hydrogens (tertiary/aromatic N) is 3. The maximum Gasteiger partial charge on any atom is 0.157 e. The summed E-state index contributed by atoms with van der Waals surface area (Å²) in [5.74, 6) is 0.674. The molecule has 5 nitrogen and oxygen atoms in total. The largest absolute Gasteiger partial charge is 0.340 e. The number of hydrogen-bond acceptors (Lipinski definition) is 4. The van der Waals surface area contributed by atoms with Gasteiger partial charge in [0.2, 0.25) is 0 Å². The van der Waals surface area contributed by atoms with Crippen molar-refractivity contribution in [2.75, 3.05) is 18.4 Å². The molecule has 1 aromatic carbocycles. The van der Waals surface area contributed by atoms with E-state index in [0.717, 1.165) is 55.9 Å². The molecule has 0 radical (unpaired) electrons. The zero-order valence-corrected chi connectivity index (χ0v) is 13.9. The number of anilines is 2. The Labute approximate surface area is 145 Å². The van der Waals surface area contributed by atoms with Crippen LogP contribution in [0.2, 0.25) is 0 Å². The van der Waals surface area contributed by atoms with E-state index in [0.29, 0.717) is 0 Å². The van der Waals surface area contributed by atoms with Crippen LogP contribution in [0.1, 0.15) is 30.5 Å². The number of piperidine rings is 1. The van der Waals surface area contributed by atoms with Gasteiger partial charge < -0.3 is 10.6 Å². The van der Waals surface area contributed by atoms with Crippen LogP contribution in [0.3, 0.4) is 0 Å². The summed E-state index contributed by atoms with van der Waals surface area (Å²) < 4.78 is 15.4. The molecule has 2 N–H and O–H groups in total. The van der Waals surface area contributed by atoms with Crippen LogP contribution in [0.25, 0.3) is 5.65 Å². The van der Waals surface area contributed by atoms with Crippen LogP contribution < -0.4 is 10.6 Å². The van der Waals surface area contributed by atoms with Gasteiger partial charge in [0.1, 0.15) is 11.6 Å². The van der Waals surface area contributed by atoms with Crippen molar-refractivity contribution in [3.63, 3.8) is 0 Å². The highest BCUT2D eigenvalue weighted by Crippen LogP contribution is 2.46. The Morgan fingerprint density at radius 3 is 2.88 bits per heavy atom. The third kappa shape index (κ3) is 2.32. The first-order chi connectivity index (χ1) is 12.3. The molecule has 3 aromatic rings. The van der Waals surface area contributed by atoms with Gasteiger partial charge in [-0.1, -0.05) is 6.07 Å². The molecule has 1 saturated heterocycles. The van der Waals surface area contributed by atoms with E-state index in [-0.39, 0.29) is 11.2 Å². The van der Waals surface area contributed by atoms with Crippen molar-refractivity contribution in [3.8, 4) is 0 Å². The Balaban J connectivity index is 1.67.